The Labute approximate surface area is 384 Å². The summed E-state index contributed by atoms with van der Waals surface area (Å²) in [6, 6.07) is 34.1. The van der Waals surface area contributed by atoms with E-state index in [1.807, 2.05) is 0 Å². The van der Waals surface area contributed by atoms with Crippen LogP contribution in [0.4, 0.5) is 45.5 Å². The lowest BCUT2D eigenvalue weighted by Crippen LogP contribution is -2.09. The van der Waals surface area contributed by atoms with Crippen LogP contribution in [0.2, 0.25) is 0 Å². The minimum Gasteiger partial charge on any atom is -0.505 e. The van der Waals surface area contributed by atoms with Crippen LogP contribution in [0.3, 0.4) is 0 Å². The van der Waals surface area contributed by atoms with Gasteiger partial charge in [0.1, 0.15) is 39.2 Å². The van der Waals surface area contributed by atoms with Gasteiger partial charge in [0, 0.05) is 12.1 Å². The lowest BCUT2D eigenvalue weighted by Gasteiger charge is -2.14. The third-order valence-electron chi connectivity index (χ3n) is 9.20. The fourth-order valence-corrected chi connectivity index (χ4v) is 7.14. The Kier molecular flexibility index (Phi) is 14.7. The highest BCUT2D eigenvalue weighted by atomic mass is 32.2. The summed E-state index contributed by atoms with van der Waals surface area (Å²) in [6.45, 7) is 0. The van der Waals surface area contributed by atoms with Gasteiger partial charge >= 0.3 is 11.9 Å². The average Bonchev–Trinajstić information content (AvgIpc) is 3.32. The van der Waals surface area contributed by atoms with E-state index in [1.54, 1.807) is 92.0 Å². The fraction of sp³-hybridized carbons (Fsp3) is 0.0222. The predicted molar refractivity (Wildman–Crippen MR) is 246 cm³/mol. The number of phenolic OH excluding ortho intramolecular Hbond substituents is 1. The summed E-state index contributed by atoms with van der Waals surface area (Å²) in [7, 11) is -3.39. The van der Waals surface area contributed by atoms with Crippen molar-refractivity contribution in [3.05, 3.63) is 151 Å². The first-order valence-corrected chi connectivity index (χ1v) is 21.4. The summed E-state index contributed by atoms with van der Waals surface area (Å²) in [6.07, 6.45) is 2.88. The van der Waals surface area contributed by atoms with Crippen molar-refractivity contribution in [2.75, 3.05) is 18.6 Å². The Bertz CT molecular complexity index is 3190. The first-order chi connectivity index (χ1) is 32.3. The molecule has 0 atom stereocenters. The third kappa shape index (κ3) is 11.9. The summed E-state index contributed by atoms with van der Waals surface area (Å²) >= 11 is 0.435. The van der Waals surface area contributed by atoms with Gasteiger partial charge < -0.3 is 30.8 Å². The molecule has 7 aromatic rings. The highest BCUT2D eigenvalue weighted by Gasteiger charge is 2.26. The molecule has 0 saturated carbocycles. The topological polar surface area (TPSA) is 301 Å². The van der Waals surface area contributed by atoms with E-state index in [4.69, 9.17) is 30.9 Å². The number of anilines is 2. The summed E-state index contributed by atoms with van der Waals surface area (Å²) in [4.78, 5) is 24.4. The second kappa shape index (κ2) is 21.1. The molecule has 0 aliphatic carbocycles. The number of hydrogen-bond donors (Lipinski definition) is 5. The van der Waals surface area contributed by atoms with Crippen molar-refractivity contribution in [1.82, 2.24) is 0 Å². The van der Waals surface area contributed by atoms with Crippen molar-refractivity contribution in [1.29, 1.82) is 0 Å². The van der Waals surface area contributed by atoms with Gasteiger partial charge in [0.05, 0.1) is 63.4 Å². The number of carbonyl (C=O) groups excluding carboxylic acids is 2. The lowest BCUT2D eigenvalue weighted by molar-refractivity contribution is -0.432. The molecule has 20 nitrogen and oxygen atoms in total. The van der Waals surface area contributed by atoms with Crippen LogP contribution in [0.15, 0.2) is 180 Å². The summed E-state index contributed by atoms with van der Waals surface area (Å²) in [5, 5.41) is 48.5. The van der Waals surface area contributed by atoms with Crippen molar-refractivity contribution in [2.45, 2.75) is 9.79 Å². The molecule has 0 unspecified atom stereocenters. The van der Waals surface area contributed by atoms with Crippen LogP contribution in [0.1, 0.15) is 15.9 Å². The number of fused-ring (bicyclic) bond motifs is 1. The van der Waals surface area contributed by atoms with E-state index >= 15 is 0 Å². The Hall–Kier alpha value is -8.38. The number of azo groups is 3. The lowest BCUT2D eigenvalue weighted by atomic mass is 10.1. The van der Waals surface area contributed by atoms with Crippen LogP contribution in [0, 0.1) is 0 Å². The molecule has 338 valence electrons. The number of aromatic hydroxyl groups is 1. The van der Waals surface area contributed by atoms with Gasteiger partial charge in [-0.2, -0.15) is 23.8 Å². The van der Waals surface area contributed by atoms with E-state index in [0.29, 0.717) is 34.9 Å². The molecule has 0 amide bonds. The molecule has 22 heteroatoms. The molecule has 0 saturated heterocycles. The Morgan fingerprint density at radius 3 is 1.93 bits per heavy atom. The first-order valence-electron chi connectivity index (χ1n) is 19.2. The normalized spacial score (nSPS) is 11.9. The molecule has 0 spiro atoms. The van der Waals surface area contributed by atoms with Gasteiger partial charge in [0.25, 0.3) is 10.1 Å². The molecule has 0 heterocycles. The summed E-state index contributed by atoms with van der Waals surface area (Å²) in [5.74, 6) is -0.964. The molecular weight excluding hydrogens is 909 g/mol. The van der Waals surface area contributed by atoms with Gasteiger partial charge in [-0.25, -0.2) is 14.8 Å². The van der Waals surface area contributed by atoms with Gasteiger partial charge in [-0.15, -0.1) is 19.7 Å². The van der Waals surface area contributed by atoms with Crippen LogP contribution in [0.25, 0.3) is 16.8 Å². The summed E-state index contributed by atoms with van der Waals surface area (Å²) < 4.78 is 55.3. The maximum absolute atomic E-state index is 12.9. The molecule has 67 heavy (non-hydrogen) atoms. The maximum atomic E-state index is 12.9. The largest absolute Gasteiger partial charge is 0.505 e. The molecule has 0 bridgehead atoms. The number of phenols is 1. The Balaban J connectivity index is 1.01. The van der Waals surface area contributed by atoms with Crippen molar-refractivity contribution in [3.8, 4) is 23.0 Å². The van der Waals surface area contributed by atoms with Crippen molar-refractivity contribution >= 4 is 96.4 Å². The quantitative estimate of drug-likeness (QED) is 0.00692. The smallest absolute Gasteiger partial charge is 0.343 e. The molecule has 0 radical (unpaired) electrons. The highest BCUT2D eigenvalue weighted by molar-refractivity contribution is 7.94. The van der Waals surface area contributed by atoms with Crippen molar-refractivity contribution in [3.63, 3.8) is 0 Å². The van der Waals surface area contributed by atoms with E-state index in [-0.39, 0.29) is 55.5 Å². The van der Waals surface area contributed by atoms with Crippen molar-refractivity contribution in [2.24, 2.45) is 30.7 Å². The number of esters is 2. The van der Waals surface area contributed by atoms with Crippen LogP contribution in [-0.2, 0) is 24.3 Å². The van der Waals surface area contributed by atoms with E-state index in [1.165, 1.54) is 54.6 Å². The van der Waals surface area contributed by atoms with Gasteiger partial charge in [-0.3, -0.25) is 4.55 Å². The molecule has 7 aromatic carbocycles. The average molecular weight is 943 g/mol. The van der Waals surface area contributed by atoms with E-state index < -0.39 is 38.4 Å². The standard InChI is InChI=1S/C45H34N8O12S2/c1-61-32-16-7-26(8-17-32)9-22-39(54)62-33-18-10-27(11-19-33)45(56)63-34-20-21-36(35(46)25-34)51-48-30-12-14-31(15-13-30)50-52-42-37(66-65-64-57)23-28-24-38(67(58,59)60)43(44(55)40(28)41(42)47)53-49-29-5-3-2-4-6-29/h2-25,55,57H,46-47H2,1H3,(H,58,59,60). The molecular formula is C45H34N8O12S2. The van der Waals surface area contributed by atoms with Crippen LogP contribution < -0.4 is 25.7 Å². The zero-order chi connectivity index (χ0) is 47.5. The van der Waals surface area contributed by atoms with Gasteiger partial charge in [-0.1, -0.05) is 35.4 Å². The number of carbonyl (C=O) groups is 2. The monoisotopic (exact) mass is 942 g/mol. The molecule has 0 aliphatic heterocycles. The minimum absolute atomic E-state index is 0.00922. The molecule has 0 aliphatic rings. The van der Waals surface area contributed by atoms with E-state index in [9.17, 15) is 27.7 Å². The van der Waals surface area contributed by atoms with E-state index in [0.717, 1.165) is 11.6 Å². The van der Waals surface area contributed by atoms with E-state index in [2.05, 4.69) is 40.1 Å². The third-order valence-corrected chi connectivity index (χ3v) is 10.7. The number of rotatable bonds is 16. The van der Waals surface area contributed by atoms with Gasteiger partial charge in [0.2, 0.25) is 0 Å². The fourth-order valence-electron chi connectivity index (χ4n) is 5.97. The van der Waals surface area contributed by atoms with Gasteiger partial charge in [0.15, 0.2) is 5.75 Å². The number of ether oxygens (including phenoxy) is 3. The summed E-state index contributed by atoms with van der Waals surface area (Å²) in [5.41, 5.74) is 14.2. The Morgan fingerprint density at radius 1 is 0.687 bits per heavy atom. The van der Waals surface area contributed by atoms with Crippen LogP contribution >= 0.6 is 12.0 Å². The number of nitrogens with two attached hydrogens (primary N) is 2. The number of methoxy groups -OCH3 is 1. The number of benzene rings is 7. The van der Waals surface area contributed by atoms with Crippen LogP contribution in [-0.4, -0.2) is 42.4 Å². The zero-order valence-electron chi connectivity index (χ0n) is 34.5. The molecule has 0 aromatic heterocycles. The second-order valence-electron chi connectivity index (χ2n) is 13.6. The number of nitrogen functional groups attached to an aromatic ring is 2. The molecule has 7 rings (SSSR count). The maximum Gasteiger partial charge on any atom is 0.343 e. The molecule has 7 N–H and O–H groups in total. The first kappa shape index (κ1) is 46.6. The minimum atomic E-state index is -4.95. The Morgan fingerprint density at radius 2 is 1.30 bits per heavy atom. The highest BCUT2D eigenvalue weighted by Crippen LogP contribution is 2.49. The molecule has 0 fully saturated rings. The zero-order valence-corrected chi connectivity index (χ0v) is 36.2. The van der Waals surface area contributed by atoms with Crippen LogP contribution in [0.5, 0.6) is 23.0 Å². The second-order valence-corrected chi connectivity index (χ2v) is 15.8. The van der Waals surface area contributed by atoms with Gasteiger partial charge in [-0.05, 0) is 114 Å². The van der Waals surface area contributed by atoms with Crippen molar-refractivity contribution < 1.29 is 56.5 Å². The SMILES string of the molecule is COc1ccc(C=CC(=O)Oc2ccc(C(=O)Oc3ccc(N=Nc4ccc(N=Nc5c(SOOO)cc6cc(S(=O)(=O)O)c(N=Nc7ccccc7)c(O)c6c5N)cc4)c(N)c3)cc2)cc1. The number of hydrogen-bond acceptors (Lipinski definition) is 20. The predicted octanol–water partition coefficient (Wildman–Crippen LogP) is 11.5. The number of nitrogens with zero attached hydrogens (tertiary/aromatic N) is 6.